The maximum Gasteiger partial charge on any atom is 0.358 e. The van der Waals surface area contributed by atoms with Crippen LogP contribution in [0.2, 0.25) is 0 Å². The van der Waals surface area contributed by atoms with E-state index in [1.54, 1.807) is 25.3 Å². The molecule has 22 heavy (non-hydrogen) atoms. The van der Waals surface area contributed by atoms with E-state index in [0.29, 0.717) is 22.8 Å². The number of benzene rings is 1. The first-order chi connectivity index (χ1) is 10.7. The zero-order valence-corrected chi connectivity index (χ0v) is 12.5. The van der Waals surface area contributed by atoms with E-state index in [-0.39, 0.29) is 12.5 Å². The zero-order valence-electron chi connectivity index (χ0n) is 12.5. The van der Waals surface area contributed by atoms with Crippen LogP contribution in [0.4, 0.5) is 0 Å². The lowest BCUT2D eigenvalue weighted by Crippen LogP contribution is -2.06. The lowest BCUT2D eigenvalue weighted by atomic mass is 10.1. The van der Waals surface area contributed by atoms with Crippen molar-refractivity contribution in [1.29, 1.82) is 0 Å². The van der Waals surface area contributed by atoms with Crippen LogP contribution < -0.4 is 9.47 Å². The van der Waals surface area contributed by atoms with Crippen LogP contribution in [-0.2, 0) is 9.47 Å². The maximum absolute atomic E-state index is 11.6. The standard InChI is InChI=1S/C15H16N2O5/c1-19-9-22-14-6-10(20-2)4-5-11(14)12-7-16-8-13(17-12)15(18)21-3/h4-8H,9H2,1-3H3. The first kappa shape index (κ1) is 15.7. The van der Waals surface area contributed by atoms with Gasteiger partial charge in [0.2, 0.25) is 0 Å². The number of carbonyl (C=O) groups excluding carboxylic acids is 1. The zero-order chi connectivity index (χ0) is 15.9. The molecule has 1 aromatic heterocycles. The van der Waals surface area contributed by atoms with Gasteiger partial charge in [-0.15, -0.1) is 0 Å². The molecule has 0 aliphatic heterocycles. The molecule has 116 valence electrons. The van der Waals surface area contributed by atoms with E-state index in [1.165, 1.54) is 26.6 Å². The Labute approximate surface area is 127 Å². The molecule has 0 saturated heterocycles. The lowest BCUT2D eigenvalue weighted by molar-refractivity contribution is 0.0513. The molecule has 0 aliphatic rings. The number of carbonyl (C=O) groups is 1. The van der Waals surface area contributed by atoms with Crippen LogP contribution in [0.15, 0.2) is 30.6 Å². The van der Waals surface area contributed by atoms with Crippen molar-refractivity contribution in [2.45, 2.75) is 0 Å². The molecular formula is C15H16N2O5. The Morgan fingerprint density at radius 2 is 2.00 bits per heavy atom. The smallest absolute Gasteiger partial charge is 0.358 e. The molecule has 1 aromatic carbocycles. The van der Waals surface area contributed by atoms with Gasteiger partial charge in [-0.25, -0.2) is 9.78 Å². The highest BCUT2D eigenvalue weighted by molar-refractivity contribution is 5.87. The number of aromatic nitrogens is 2. The van der Waals surface area contributed by atoms with Crippen molar-refractivity contribution in [2.75, 3.05) is 28.1 Å². The second kappa shape index (κ2) is 7.37. The van der Waals surface area contributed by atoms with Crippen molar-refractivity contribution in [2.24, 2.45) is 0 Å². The van der Waals surface area contributed by atoms with E-state index in [4.69, 9.17) is 14.2 Å². The molecule has 0 atom stereocenters. The summed E-state index contributed by atoms with van der Waals surface area (Å²) in [7, 11) is 4.38. The molecule has 1 heterocycles. The predicted molar refractivity (Wildman–Crippen MR) is 77.9 cm³/mol. The molecule has 0 amide bonds. The summed E-state index contributed by atoms with van der Waals surface area (Å²) in [6, 6.07) is 5.25. The van der Waals surface area contributed by atoms with E-state index < -0.39 is 5.97 Å². The Morgan fingerprint density at radius 1 is 1.18 bits per heavy atom. The van der Waals surface area contributed by atoms with E-state index in [1.807, 2.05) is 0 Å². The summed E-state index contributed by atoms with van der Waals surface area (Å²) in [5, 5.41) is 0. The van der Waals surface area contributed by atoms with Gasteiger partial charge in [-0.05, 0) is 12.1 Å². The first-order valence-corrected chi connectivity index (χ1v) is 6.40. The molecule has 2 rings (SSSR count). The average Bonchev–Trinajstić information content (AvgIpc) is 2.59. The number of hydrogen-bond donors (Lipinski definition) is 0. The van der Waals surface area contributed by atoms with Crippen molar-refractivity contribution in [3.63, 3.8) is 0 Å². The highest BCUT2D eigenvalue weighted by atomic mass is 16.7. The number of esters is 1. The van der Waals surface area contributed by atoms with Crippen molar-refractivity contribution >= 4 is 5.97 Å². The summed E-state index contributed by atoms with van der Waals surface area (Å²) in [6.07, 6.45) is 2.88. The Bertz CT molecular complexity index is 660. The topological polar surface area (TPSA) is 79.8 Å². The summed E-state index contributed by atoms with van der Waals surface area (Å²) in [5.41, 5.74) is 1.27. The summed E-state index contributed by atoms with van der Waals surface area (Å²) in [5.74, 6) is 0.590. The summed E-state index contributed by atoms with van der Waals surface area (Å²) < 4.78 is 20.3. The molecule has 0 N–H and O–H groups in total. The van der Waals surface area contributed by atoms with Crippen LogP contribution in [-0.4, -0.2) is 44.1 Å². The molecular weight excluding hydrogens is 288 g/mol. The normalized spacial score (nSPS) is 10.1. The van der Waals surface area contributed by atoms with Gasteiger partial charge in [-0.3, -0.25) is 4.98 Å². The van der Waals surface area contributed by atoms with E-state index >= 15 is 0 Å². The third-order valence-corrected chi connectivity index (χ3v) is 2.83. The van der Waals surface area contributed by atoms with Crippen LogP contribution in [0.3, 0.4) is 0 Å². The van der Waals surface area contributed by atoms with E-state index in [0.717, 1.165) is 0 Å². The Hall–Kier alpha value is -2.67. The predicted octanol–water partition coefficient (Wildman–Crippen LogP) is 1.92. The third kappa shape index (κ3) is 3.50. The highest BCUT2D eigenvalue weighted by Crippen LogP contribution is 2.32. The fraction of sp³-hybridized carbons (Fsp3) is 0.267. The molecule has 0 radical (unpaired) electrons. The van der Waals surface area contributed by atoms with Crippen molar-refractivity contribution in [3.8, 4) is 22.8 Å². The van der Waals surface area contributed by atoms with Gasteiger partial charge >= 0.3 is 5.97 Å². The SMILES string of the molecule is COCOc1cc(OC)ccc1-c1cncc(C(=O)OC)n1. The van der Waals surface area contributed by atoms with Gasteiger partial charge in [0.1, 0.15) is 11.5 Å². The Kier molecular flexibility index (Phi) is 5.26. The fourth-order valence-electron chi connectivity index (χ4n) is 1.78. The molecule has 0 saturated carbocycles. The van der Waals surface area contributed by atoms with Crippen molar-refractivity contribution in [3.05, 3.63) is 36.3 Å². The van der Waals surface area contributed by atoms with Crippen LogP contribution in [0, 0.1) is 0 Å². The highest BCUT2D eigenvalue weighted by Gasteiger charge is 2.14. The van der Waals surface area contributed by atoms with Crippen molar-refractivity contribution in [1.82, 2.24) is 9.97 Å². The first-order valence-electron chi connectivity index (χ1n) is 6.40. The molecule has 0 aliphatic carbocycles. The third-order valence-electron chi connectivity index (χ3n) is 2.83. The summed E-state index contributed by atoms with van der Waals surface area (Å²) in [4.78, 5) is 19.8. The quantitative estimate of drug-likeness (QED) is 0.595. The second-order valence-electron chi connectivity index (χ2n) is 4.19. The Balaban J connectivity index is 2.44. The van der Waals surface area contributed by atoms with E-state index in [9.17, 15) is 4.79 Å². The van der Waals surface area contributed by atoms with Gasteiger partial charge in [0.15, 0.2) is 12.5 Å². The van der Waals surface area contributed by atoms with Gasteiger partial charge < -0.3 is 18.9 Å². The van der Waals surface area contributed by atoms with Crippen LogP contribution >= 0.6 is 0 Å². The molecule has 2 aromatic rings. The van der Waals surface area contributed by atoms with Gasteiger partial charge in [0.05, 0.1) is 32.3 Å². The minimum Gasteiger partial charge on any atom is -0.497 e. The molecule has 7 heteroatoms. The number of methoxy groups -OCH3 is 3. The van der Waals surface area contributed by atoms with Crippen molar-refractivity contribution < 1.29 is 23.7 Å². The van der Waals surface area contributed by atoms with E-state index in [2.05, 4.69) is 14.7 Å². The molecule has 0 bridgehead atoms. The summed E-state index contributed by atoms with van der Waals surface area (Å²) >= 11 is 0. The number of ether oxygens (including phenoxy) is 4. The minimum atomic E-state index is -0.553. The maximum atomic E-state index is 11.6. The summed E-state index contributed by atoms with van der Waals surface area (Å²) in [6.45, 7) is 0.0737. The van der Waals surface area contributed by atoms with Gasteiger partial charge in [-0.1, -0.05) is 0 Å². The monoisotopic (exact) mass is 304 g/mol. The van der Waals surface area contributed by atoms with Crippen LogP contribution in [0.1, 0.15) is 10.5 Å². The fourth-order valence-corrected chi connectivity index (χ4v) is 1.78. The number of hydrogen-bond acceptors (Lipinski definition) is 7. The molecule has 0 unspecified atom stereocenters. The van der Waals surface area contributed by atoms with Crippen LogP contribution in [0.5, 0.6) is 11.5 Å². The number of nitrogens with zero attached hydrogens (tertiary/aromatic N) is 2. The van der Waals surface area contributed by atoms with Gasteiger partial charge in [0, 0.05) is 18.7 Å². The van der Waals surface area contributed by atoms with Crippen LogP contribution in [0.25, 0.3) is 11.3 Å². The number of rotatable bonds is 6. The second-order valence-corrected chi connectivity index (χ2v) is 4.19. The molecule has 7 nitrogen and oxygen atoms in total. The minimum absolute atomic E-state index is 0.0737. The van der Waals surface area contributed by atoms with Gasteiger partial charge in [-0.2, -0.15) is 0 Å². The molecule has 0 spiro atoms. The van der Waals surface area contributed by atoms with Gasteiger partial charge in [0.25, 0.3) is 0 Å². The molecule has 0 fully saturated rings. The average molecular weight is 304 g/mol. The largest absolute Gasteiger partial charge is 0.497 e. The lowest BCUT2D eigenvalue weighted by Gasteiger charge is -2.12. The Morgan fingerprint density at radius 3 is 2.68 bits per heavy atom.